The van der Waals surface area contributed by atoms with Crippen LogP contribution >= 0.6 is 0 Å². The van der Waals surface area contributed by atoms with Crippen LogP contribution in [-0.2, 0) is 17.9 Å². The third kappa shape index (κ3) is 5.30. The van der Waals surface area contributed by atoms with Gasteiger partial charge in [-0.15, -0.1) is 0 Å². The molecule has 3 aromatic rings. The van der Waals surface area contributed by atoms with Gasteiger partial charge >= 0.3 is 0 Å². The first-order valence-corrected chi connectivity index (χ1v) is 8.88. The number of carbonyl (C=O) groups is 1. The van der Waals surface area contributed by atoms with E-state index in [1.807, 2.05) is 30.3 Å². The molecule has 146 valence electrons. The lowest BCUT2D eigenvalue weighted by Crippen LogP contribution is -2.34. The van der Waals surface area contributed by atoms with Crippen molar-refractivity contribution in [2.45, 2.75) is 13.1 Å². The number of hydrogen-bond donors (Lipinski definition) is 0. The number of methoxy groups -OCH3 is 2. The van der Waals surface area contributed by atoms with Crippen LogP contribution in [0.2, 0.25) is 0 Å². The first-order valence-electron chi connectivity index (χ1n) is 8.88. The van der Waals surface area contributed by atoms with Crippen LogP contribution in [0.5, 0.6) is 17.2 Å². The zero-order valence-corrected chi connectivity index (χ0v) is 16.0. The van der Waals surface area contributed by atoms with E-state index in [0.29, 0.717) is 24.6 Å². The van der Waals surface area contributed by atoms with Crippen molar-refractivity contribution in [3.63, 3.8) is 0 Å². The molecule has 0 N–H and O–H groups in total. The fraction of sp³-hybridized carbons (Fsp3) is 0.227. The molecule has 1 amide bonds. The molecule has 0 aliphatic rings. The average Bonchev–Trinajstić information content (AvgIpc) is 3.25. The fourth-order valence-corrected chi connectivity index (χ4v) is 2.68. The summed E-state index contributed by atoms with van der Waals surface area (Å²) in [6.45, 7) is 0.739. The van der Waals surface area contributed by atoms with Crippen LogP contribution in [0.25, 0.3) is 0 Å². The van der Waals surface area contributed by atoms with Crippen molar-refractivity contribution in [3.8, 4) is 17.2 Å². The van der Waals surface area contributed by atoms with Crippen molar-refractivity contribution in [3.05, 3.63) is 78.3 Å². The molecular formula is C22H23NO5. The molecule has 0 fully saturated rings. The summed E-state index contributed by atoms with van der Waals surface area (Å²) in [5.41, 5.74) is 0.991. The SMILES string of the molecule is COc1ccc(CN(Cc2ccco2)C(=O)COc2ccc(OC)cc2)cc1. The van der Waals surface area contributed by atoms with Gasteiger partial charge in [-0.1, -0.05) is 12.1 Å². The lowest BCUT2D eigenvalue weighted by atomic mass is 10.2. The summed E-state index contributed by atoms with van der Waals surface area (Å²) in [7, 11) is 3.23. The van der Waals surface area contributed by atoms with Gasteiger partial charge in [-0.05, 0) is 54.1 Å². The monoisotopic (exact) mass is 381 g/mol. The second-order valence-electron chi connectivity index (χ2n) is 6.14. The third-order valence-electron chi connectivity index (χ3n) is 4.23. The van der Waals surface area contributed by atoms with Crippen LogP contribution in [0.1, 0.15) is 11.3 Å². The molecule has 0 saturated carbocycles. The van der Waals surface area contributed by atoms with Crippen molar-refractivity contribution in [1.29, 1.82) is 0 Å². The topological polar surface area (TPSA) is 61.1 Å². The van der Waals surface area contributed by atoms with E-state index >= 15 is 0 Å². The number of rotatable bonds is 9. The van der Waals surface area contributed by atoms with Crippen molar-refractivity contribution >= 4 is 5.91 Å². The highest BCUT2D eigenvalue weighted by molar-refractivity contribution is 5.77. The summed E-state index contributed by atoms with van der Waals surface area (Å²) in [5, 5.41) is 0. The van der Waals surface area contributed by atoms with E-state index in [9.17, 15) is 4.79 Å². The van der Waals surface area contributed by atoms with E-state index in [-0.39, 0.29) is 12.5 Å². The van der Waals surface area contributed by atoms with Gasteiger partial charge in [0.1, 0.15) is 23.0 Å². The van der Waals surface area contributed by atoms with Crippen molar-refractivity contribution in [2.24, 2.45) is 0 Å². The summed E-state index contributed by atoms with van der Waals surface area (Å²) in [6.07, 6.45) is 1.60. The Kier molecular flexibility index (Phi) is 6.57. The molecule has 0 radical (unpaired) electrons. The first-order chi connectivity index (χ1) is 13.7. The van der Waals surface area contributed by atoms with Crippen LogP contribution in [0.4, 0.5) is 0 Å². The molecule has 6 heteroatoms. The Balaban J connectivity index is 1.66. The van der Waals surface area contributed by atoms with E-state index < -0.39 is 0 Å². The number of nitrogens with zero attached hydrogens (tertiary/aromatic N) is 1. The summed E-state index contributed by atoms with van der Waals surface area (Å²) in [4.78, 5) is 14.5. The average molecular weight is 381 g/mol. The van der Waals surface area contributed by atoms with Crippen molar-refractivity contribution < 1.29 is 23.4 Å². The van der Waals surface area contributed by atoms with Crippen LogP contribution in [0, 0.1) is 0 Å². The number of furan rings is 1. The van der Waals surface area contributed by atoms with Crippen LogP contribution in [0.3, 0.4) is 0 Å². The standard InChI is InChI=1S/C22H23NO5/c1-25-18-7-5-17(6-8-18)14-23(15-21-4-3-13-27-21)22(24)16-28-20-11-9-19(26-2)10-12-20/h3-13H,14-16H2,1-2H3. The van der Waals surface area contributed by atoms with E-state index in [1.165, 1.54) is 0 Å². The molecule has 0 aliphatic carbocycles. The predicted octanol–water partition coefficient (Wildman–Crippen LogP) is 3.90. The van der Waals surface area contributed by atoms with Crippen molar-refractivity contribution in [2.75, 3.05) is 20.8 Å². The van der Waals surface area contributed by atoms with Gasteiger partial charge in [0.2, 0.25) is 0 Å². The predicted molar refractivity (Wildman–Crippen MR) is 104 cm³/mol. The Morgan fingerprint density at radius 3 is 2.04 bits per heavy atom. The van der Waals surface area contributed by atoms with Gasteiger partial charge in [0, 0.05) is 6.54 Å². The summed E-state index contributed by atoms with van der Waals surface area (Å²) in [6, 6.07) is 18.4. The molecule has 0 spiro atoms. The lowest BCUT2D eigenvalue weighted by molar-refractivity contribution is -0.134. The van der Waals surface area contributed by atoms with Gasteiger partial charge in [-0.25, -0.2) is 0 Å². The van der Waals surface area contributed by atoms with Crippen LogP contribution < -0.4 is 14.2 Å². The lowest BCUT2D eigenvalue weighted by Gasteiger charge is -2.22. The summed E-state index contributed by atoms with van der Waals surface area (Å²) in [5.74, 6) is 2.69. The minimum atomic E-state index is -0.136. The minimum Gasteiger partial charge on any atom is -0.497 e. The Bertz CT molecular complexity index is 857. The quantitative estimate of drug-likeness (QED) is 0.562. The minimum absolute atomic E-state index is 0.0663. The Hall–Kier alpha value is -3.41. The third-order valence-corrected chi connectivity index (χ3v) is 4.23. The number of benzene rings is 2. The fourth-order valence-electron chi connectivity index (χ4n) is 2.68. The molecule has 1 heterocycles. The van der Waals surface area contributed by atoms with Gasteiger partial charge in [0.05, 0.1) is 27.0 Å². The Labute approximate surface area is 164 Å². The molecule has 3 rings (SSSR count). The summed E-state index contributed by atoms with van der Waals surface area (Å²) < 4.78 is 21.4. The van der Waals surface area contributed by atoms with E-state index in [0.717, 1.165) is 17.1 Å². The van der Waals surface area contributed by atoms with Gasteiger partial charge in [-0.2, -0.15) is 0 Å². The molecule has 2 aromatic carbocycles. The first kappa shape index (κ1) is 19.4. The molecule has 1 aromatic heterocycles. The molecular weight excluding hydrogens is 358 g/mol. The molecule has 28 heavy (non-hydrogen) atoms. The smallest absolute Gasteiger partial charge is 0.261 e. The van der Waals surface area contributed by atoms with E-state index in [2.05, 4.69) is 0 Å². The van der Waals surface area contributed by atoms with E-state index in [4.69, 9.17) is 18.6 Å². The zero-order chi connectivity index (χ0) is 19.8. The van der Waals surface area contributed by atoms with Gasteiger partial charge in [0.15, 0.2) is 6.61 Å². The normalized spacial score (nSPS) is 10.4. The van der Waals surface area contributed by atoms with Gasteiger partial charge in [0.25, 0.3) is 5.91 Å². The molecule has 0 atom stereocenters. The number of carbonyl (C=O) groups excluding carboxylic acids is 1. The molecule has 0 aliphatic heterocycles. The summed E-state index contributed by atoms with van der Waals surface area (Å²) >= 11 is 0. The Morgan fingerprint density at radius 2 is 1.46 bits per heavy atom. The maximum Gasteiger partial charge on any atom is 0.261 e. The Morgan fingerprint density at radius 1 is 0.857 bits per heavy atom. The maximum atomic E-state index is 12.8. The van der Waals surface area contributed by atoms with E-state index in [1.54, 1.807) is 55.7 Å². The van der Waals surface area contributed by atoms with Gasteiger partial charge in [-0.3, -0.25) is 4.79 Å². The molecule has 0 unspecified atom stereocenters. The number of amides is 1. The van der Waals surface area contributed by atoms with Gasteiger partial charge < -0.3 is 23.5 Å². The highest BCUT2D eigenvalue weighted by Crippen LogP contribution is 2.18. The van der Waals surface area contributed by atoms with Crippen LogP contribution in [-0.4, -0.2) is 31.6 Å². The second-order valence-corrected chi connectivity index (χ2v) is 6.14. The van der Waals surface area contributed by atoms with Crippen molar-refractivity contribution in [1.82, 2.24) is 4.90 Å². The maximum absolute atomic E-state index is 12.8. The second kappa shape index (κ2) is 9.50. The number of hydrogen-bond acceptors (Lipinski definition) is 5. The van der Waals surface area contributed by atoms with Crippen LogP contribution in [0.15, 0.2) is 71.3 Å². The molecule has 0 saturated heterocycles. The highest BCUT2D eigenvalue weighted by atomic mass is 16.5. The zero-order valence-electron chi connectivity index (χ0n) is 16.0. The largest absolute Gasteiger partial charge is 0.497 e. The highest BCUT2D eigenvalue weighted by Gasteiger charge is 2.17. The molecule has 6 nitrogen and oxygen atoms in total. The molecule has 0 bridgehead atoms. The number of ether oxygens (including phenoxy) is 3.